The summed E-state index contributed by atoms with van der Waals surface area (Å²) in [6.45, 7) is 1.94. The lowest BCUT2D eigenvalue weighted by Gasteiger charge is -2.12. The zero-order valence-corrected chi connectivity index (χ0v) is 20.2. The average Bonchev–Trinajstić information content (AvgIpc) is 3.31. The van der Waals surface area contributed by atoms with Crippen molar-refractivity contribution in [3.63, 3.8) is 0 Å². The van der Waals surface area contributed by atoms with Crippen LogP contribution in [0.5, 0.6) is 0 Å². The Morgan fingerprint density at radius 1 is 0.971 bits per heavy atom. The maximum atomic E-state index is 12.5. The number of nitrogens with zero attached hydrogens (tertiary/aromatic N) is 2. The zero-order valence-electron chi connectivity index (χ0n) is 19.4. The predicted molar refractivity (Wildman–Crippen MR) is 140 cm³/mol. The first kappa shape index (κ1) is 24.7. The lowest BCUT2D eigenvalue weighted by atomic mass is 10.1. The van der Waals surface area contributed by atoms with Gasteiger partial charge in [0.1, 0.15) is 0 Å². The van der Waals surface area contributed by atoms with Crippen LogP contribution in [-0.2, 0) is 24.2 Å². The van der Waals surface area contributed by atoms with Gasteiger partial charge >= 0.3 is 0 Å². The summed E-state index contributed by atoms with van der Waals surface area (Å²) in [6.07, 6.45) is 4.15. The molecule has 4 rings (SSSR count). The van der Waals surface area contributed by atoms with E-state index in [1.165, 1.54) is 0 Å². The number of imidazole rings is 1. The predicted octanol–water partition coefficient (Wildman–Crippen LogP) is 4.63. The number of anilines is 1. The molecule has 3 N–H and O–H groups in total. The third kappa shape index (κ3) is 7.79. The summed E-state index contributed by atoms with van der Waals surface area (Å²) in [5.41, 5.74) is 4.66. The normalized spacial score (nSPS) is 11.8. The van der Waals surface area contributed by atoms with Gasteiger partial charge in [0, 0.05) is 30.0 Å². The van der Waals surface area contributed by atoms with Gasteiger partial charge in [0.05, 0.1) is 24.5 Å². The van der Waals surface area contributed by atoms with Gasteiger partial charge in [0.25, 0.3) is 0 Å². The molecule has 1 amide bonds. The third-order valence-corrected chi connectivity index (χ3v) is 5.91. The molecule has 0 saturated carbocycles. The lowest BCUT2D eigenvalue weighted by molar-refractivity contribution is -0.115. The molecule has 0 bridgehead atoms. The van der Waals surface area contributed by atoms with Crippen molar-refractivity contribution < 1.29 is 9.90 Å². The molecular weight excluding hydrogens is 460 g/mol. The van der Waals surface area contributed by atoms with E-state index in [0.29, 0.717) is 18.1 Å². The van der Waals surface area contributed by atoms with Gasteiger partial charge in [-0.3, -0.25) is 4.79 Å². The first-order valence-corrected chi connectivity index (χ1v) is 12.0. The number of aliphatic hydroxyl groups excluding tert-OH is 1. The molecule has 1 heterocycles. The highest BCUT2D eigenvalue weighted by molar-refractivity contribution is 6.30. The molecule has 0 saturated heterocycles. The van der Waals surface area contributed by atoms with E-state index in [4.69, 9.17) is 11.6 Å². The van der Waals surface area contributed by atoms with Crippen molar-refractivity contribution in [3.05, 3.63) is 119 Å². The SMILES string of the molecule is O=C(Cc1cn(Cc2ccc(Cl)cc2)cn1)Nc1ccc(CCNCC(O)c2ccccc2)cc1. The van der Waals surface area contributed by atoms with Crippen LogP contribution >= 0.6 is 11.6 Å². The molecule has 3 aromatic carbocycles. The number of aromatic nitrogens is 2. The van der Waals surface area contributed by atoms with Crippen LogP contribution in [0, 0.1) is 0 Å². The Bertz CT molecular complexity index is 1210. The van der Waals surface area contributed by atoms with E-state index in [-0.39, 0.29) is 12.3 Å². The Morgan fingerprint density at radius 3 is 2.43 bits per heavy atom. The molecule has 35 heavy (non-hydrogen) atoms. The fourth-order valence-corrected chi connectivity index (χ4v) is 3.90. The van der Waals surface area contributed by atoms with Crippen molar-refractivity contribution in [2.75, 3.05) is 18.4 Å². The fourth-order valence-electron chi connectivity index (χ4n) is 3.77. The highest BCUT2D eigenvalue weighted by Gasteiger charge is 2.08. The van der Waals surface area contributed by atoms with Crippen LogP contribution in [0.2, 0.25) is 5.02 Å². The summed E-state index contributed by atoms with van der Waals surface area (Å²) in [5, 5.41) is 17.1. The number of halogens is 1. The first-order chi connectivity index (χ1) is 17.0. The minimum absolute atomic E-state index is 0.106. The maximum absolute atomic E-state index is 12.5. The van der Waals surface area contributed by atoms with Crippen LogP contribution in [0.1, 0.15) is 28.5 Å². The number of aliphatic hydroxyl groups is 1. The monoisotopic (exact) mass is 488 g/mol. The summed E-state index contributed by atoms with van der Waals surface area (Å²) < 4.78 is 1.95. The average molecular weight is 489 g/mol. The third-order valence-electron chi connectivity index (χ3n) is 5.66. The second-order valence-corrected chi connectivity index (χ2v) is 8.90. The van der Waals surface area contributed by atoms with Crippen molar-refractivity contribution in [1.29, 1.82) is 0 Å². The Labute approximate surface area is 210 Å². The Hall–Kier alpha value is -3.45. The number of amides is 1. The minimum Gasteiger partial charge on any atom is -0.387 e. The standard InChI is InChI=1S/C28H29ClN4O2/c29-24-10-6-22(7-11-24)18-33-19-26(31-20-33)16-28(35)32-25-12-8-21(9-13-25)14-15-30-17-27(34)23-4-2-1-3-5-23/h1-13,19-20,27,30,34H,14-18H2,(H,32,35). The summed E-state index contributed by atoms with van der Waals surface area (Å²) >= 11 is 5.93. The topological polar surface area (TPSA) is 79.2 Å². The molecule has 1 atom stereocenters. The van der Waals surface area contributed by atoms with Crippen molar-refractivity contribution in [2.24, 2.45) is 0 Å². The molecular formula is C28H29ClN4O2. The van der Waals surface area contributed by atoms with Gasteiger partial charge < -0.3 is 20.3 Å². The summed E-state index contributed by atoms with van der Waals surface area (Å²) in [7, 11) is 0. The summed E-state index contributed by atoms with van der Waals surface area (Å²) in [4.78, 5) is 16.8. The molecule has 0 spiro atoms. The van der Waals surface area contributed by atoms with Crippen LogP contribution in [0.15, 0.2) is 91.4 Å². The van der Waals surface area contributed by atoms with Crippen LogP contribution in [0.4, 0.5) is 5.69 Å². The van der Waals surface area contributed by atoms with E-state index in [2.05, 4.69) is 15.6 Å². The van der Waals surface area contributed by atoms with E-state index < -0.39 is 6.10 Å². The first-order valence-electron chi connectivity index (χ1n) is 11.6. The largest absolute Gasteiger partial charge is 0.387 e. The number of hydrogen-bond donors (Lipinski definition) is 3. The Morgan fingerprint density at radius 2 is 1.69 bits per heavy atom. The van der Waals surface area contributed by atoms with Gasteiger partial charge in [-0.15, -0.1) is 0 Å². The van der Waals surface area contributed by atoms with Crippen molar-refractivity contribution in [1.82, 2.24) is 14.9 Å². The van der Waals surface area contributed by atoms with Crippen LogP contribution in [-0.4, -0.2) is 33.7 Å². The molecule has 1 unspecified atom stereocenters. The fraction of sp³-hybridized carbons (Fsp3) is 0.214. The number of rotatable bonds is 11. The van der Waals surface area contributed by atoms with Crippen molar-refractivity contribution >= 4 is 23.2 Å². The van der Waals surface area contributed by atoms with Gasteiger partial charge in [0.15, 0.2) is 0 Å². The number of hydrogen-bond acceptors (Lipinski definition) is 4. The lowest BCUT2D eigenvalue weighted by Crippen LogP contribution is -2.23. The minimum atomic E-state index is -0.516. The van der Waals surface area contributed by atoms with Gasteiger partial charge in [-0.1, -0.05) is 66.2 Å². The second kappa shape index (κ2) is 12.3. The van der Waals surface area contributed by atoms with Gasteiger partial charge in [-0.2, -0.15) is 0 Å². The molecule has 180 valence electrons. The van der Waals surface area contributed by atoms with E-state index in [1.54, 1.807) is 6.33 Å². The molecule has 0 radical (unpaired) electrons. The smallest absolute Gasteiger partial charge is 0.230 e. The van der Waals surface area contributed by atoms with Crippen LogP contribution < -0.4 is 10.6 Å². The van der Waals surface area contributed by atoms with Crippen molar-refractivity contribution in [2.45, 2.75) is 25.5 Å². The van der Waals surface area contributed by atoms with E-state index >= 15 is 0 Å². The van der Waals surface area contributed by atoms with Crippen molar-refractivity contribution in [3.8, 4) is 0 Å². The van der Waals surface area contributed by atoms with Gasteiger partial charge in [0.2, 0.25) is 5.91 Å². The molecule has 4 aromatic rings. The molecule has 6 nitrogen and oxygen atoms in total. The van der Waals surface area contributed by atoms with Crippen LogP contribution in [0.25, 0.3) is 0 Å². The molecule has 0 aliphatic heterocycles. The van der Waals surface area contributed by atoms with E-state index in [1.807, 2.05) is 89.6 Å². The van der Waals surface area contributed by atoms with Gasteiger partial charge in [-0.05, 0) is 53.9 Å². The van der Waals surface area contributed by atoms with E-state index in [0.717, 1.165) is 41.0 Å². The number of carbonyl (C=O) groups excluding carboxylic acids is 1. The zero-order chi connectivity index (χ0) is 24.5. The van der Waals surface area contributed by atoms with Gasteiger partial charge in [-0.25, -0.2) is 4.98 Å². The molecule has 0 fully saturated rings. The highest BCUT2D eigenvalue weighted by Crippen LogP contribution is 2.13. The number of benzene rings is 3. The molecule has 1 aromatic heterocycles. The summed E-state index contributed by atoms with van der Waals surface area (Å²) in [6, 6.07) is 25.1. The summed E-state index contributed by atoms with van der Waals surface area (Å²) in [5.74, 6) is -0.106. The maximum Gasteiger partial charge on any atom is 0.230 e. The number of carbonyl (C=O) groups is 1. The second-order valence-electron chi connectivity index (χ2n) is 8.47. The Kier molecular flexibility index (Phi) is 8.68. The quantitative estimate of drug-likeness (QED) is 0.269. The molecule has 0 aliphatic carbocycles. The highest BCUT2D eigenvalue weighted by atomic mass is 35.5. The molecule has 0 aliphatic rings. The Balaban J connectivity index is 1.18. The van der Waals surface area contributed by atoms with Crippen LogP contribution in [0.3, 0.4) is 0 Å². The number of nitrogens with one attached hydrogen (secondary N) is 2. The molecule has 7 heteroatoms. The van der Waals surface area contributed by atoms with E-state index in [9.17, 15) is 9.90 Å².